The molecule has 4 atom stereocenters. The molecule has 7 nitrogen and oxygen atoms in total. The average molecular weight is 400 g/mol. The lowest BCUT2D eigenvalue weighted by atomic mass is 9.82. The van der Waals surface area contributed by atoms with Crippen LogP contribution in [0.25, 0.3) is 0 Å². The van der Waals surface area contributed by atoms with E-state index in [1.54, 1.807) is 0 Å². The summed E-state index contributed by atoms with van der Waals surface area (Å²) in [6.45, 7) is 2.32. The first kappa shape index (κ1) is 18.7. The largest absolute Gasteiger partial charge is 0.445 e. The van der Waals surface area contributed by atoms with Crippen LogP contribution in [0.2, 0.25) is 0 Å². The third-order valence-corrected chi connectivity index (χ3v) is 6.94. The fraction of sp³-hybridized carbons (Fsp3) is 0.636. The van der Waals surface area contributed by atoms with E-state index in [9.17, 15) is 9.59 Å². The molecule has 1 aromatic rings. The van der Waals surface area contributed by atoms with Crippen molar-refractivity contribution < 1.29 is 23.8 Å². The quantitative estimate of drug-likeness (QED) is 0.779. The van der Waals surface area contributed by atoms with E-state index in [1.807, 2.05) is 40.1 Å². The predicted octanol–water partition coefficient (Wildman–Crippen LogP) is 3.32. The number of benzene rings is 1. The summed E-state index contributed by atoms with van der Waals surface area (Å²) in [7, 11) is 0. The van der Waals surface area contributed by atoms with Gasteiger partial charge in [0, 0.05) is 44.5 Å². The third-order valence-electron chi connectivity index (χ3n) is 6.94. The lowest BCUT2D eigenvalue weighted by Crippen LogP contribution is -2.60. The van der Waals surface area contributed by atoms with Crippen LogP contribution >= 0.6 is 0 Å². The Kier molecular flexibility index (Phi) is 4.86. The van der Waals surface area contributed by atoms with Gasteiger partial charge in [-0.05, 0) is 24.8 Å². The molecule has 4 aliphatic rings. The molecule has 1 spiro atoms. The van der Waals surface area contributed by atoms with Gasteiger partial charge >= 0.3 is 12.2 Å². The molecule has 7 heteroatoms. The molecule has 5 rings (SSSR count). The maximum atomic E-state index is 12.8. The standard InChI is InChI=1S/C22H28N2O5/c25-20-23(19-8-11-27-15-19)10-9-22(29-20)12-17-6-7-18(13-22)24(17)21(26)28-14-16-4-2-1-3-5-16/h1-5,17-19H,6-15H2/t17-,18+,19?,22?. The van der Waals surface area contributed by atoms with Crippen molar-refractivity contribution in [3.63, 3.8) is 0 Å². The summed E-state index contributed by atoms with van der Waals surface area (Å²) in [4.78, 5) is 29.2. The molecule has 0 N–H and O–H groups in total. The van der Waals surface area contributed by atoms with Crippen molar-refractivity contribution in [2.45, 2.75) is 68.9 Å². The number of rotatable bonds is 3. The smallest absolute Gasteiger partial charge is 0.410 e. The summed E-state index contributed by atoms with van der Waals surface area (Å²) in [6, 6.07) is 10.1. The van der Waals surface area contributed by atoms with Crippen molar-refractivity contribution in [2.24, 2.45) is 0 Å². The lowest BCUT2D eigenvalue weighted by Gasteiger charge is -2.49. The molecule has 29 heavy (non-hydrogen) atoms. The van der Waals surface area contributed by atoms with E-state index in [-0.39, 0.29) is 36.9 Å². The van der Waals surface area contributed by atoms with Crippen LogP contribution in [0.1, 0.15) is 44.1 Å². The Bertz CT molecular complexity index is 750. The van der Waals surface area contributed by atoms with Crippen molar-refractivity contribution >= 4 is 12.2 Å². The number of hydrogen-bond donors (Lipinski definition) is 0. The van der Waals surface area contributed by atoms with Crippen LogP contribution in [-0.2, 0) is 20.8 Å². The minimum atomic E-state index is -0.435. The van der Waals surface area contributed by atoms with Gasteiger partial charge in [-0.3, -0.25) is 0 Å². The zero-order chi connectivity index (χ0) is 19.8. The van der Waals surface area contributed by atoms with Gasteiger partial charge in [0.2, 0.25) is 0 Å². The molecular weight excluding hydrogens is 372 g/mol. The van der Waals surface area contributed by atoms with E-state index in [2.05, 4.69) is 0 Å². The average Bonchev–Trinajstić information content (AvgIpc) is 3.34. The van der Waals surface area contributed by atoms with Crippen molar-refractivity contribution in [1.29, 1.82) is 0 Å². The van der Waals surface area contributed by atoms with Crippen LogP contribution in [0, 0.1) is 0 Å². The summed E-state index contributed by atoms with van der Waals surface area (Å²) >= 11 is 0. The van der Waals surface area contributed by atoms with Crippen molar-refractivity contribution in [3.8, 4) is 0 Å². The summed E-state index contributed by atoms with van der Waals surface area (Å²) in [5, 5.41) is 0. The highest BCUT2D eigenvalue weighted by Gasteiger charge is 2.54. The van der Waals surface area contributed by atoms with Crippen LogP contribution in [0.3, 0.4) is 0 Å². The van der Waals surface area contributed by atoms with Gasteiger partial charge in [-0.25, -0.2) is 9.59 Å². The lowest BCUT2D eigenvalue weighted by molar-refractivity contribution is -0.101. The molecule has 4 saturated heterocycles. The highest BCUT2D eigenvalue weighted by Crippen LogP contribution is 2.46. The van der Waals surface area contributed by atoms with Gasteiger partial charge in [0.05, 0.1) is 12.6 Å². The van der Waals surface area contributed by atoms with E-state index in [0.717, 1.165) is 31.2 Å². The Labute approximate surface area is 170 Å². The van der Waals surface area contributed by atoms with Gasteiger partial charge in [0.15, 0.2) is 0 Å². The van der Waals surface area contributed by atoms with E-state index in [0.29, 0.717) is 32.6 Å². The number of carbonyl (C=O) groups excluding carboxylic acids is 2. The molecule has 0 aliphatic carbocycles. The van der Waals surface area contributed by atoms with Crippen molar-refractivity contribution in [3.05, 3.63) is 35.9 Å². The first-order chi connectivity index (χ1) is 14.1. The molecule has 4 aliphatic heterocycles. The molecule has 2 amide bonds. The Morgan fingerprint density at radius 2 is 1.86 bits per heavy atom. The highest BCUT2D eigenvalue weighted by atomic mass is 16.6. The van der Waals surface area contributed by atoms with E-state index in [1.165, 1.54) is 0 Å². The van der Waals surface area contributed by atoms with Gasteiger partial charge in [0.25, 0.3) is 0 Å². The second kappa shape index (κ2) is 7.52. The van der Waals surface area contributed by atoms with Crippen LogP contribution in [0.4, 0.5) is 9.59 Å². The van der Waals surface area contributed by atoms with Crippen molar-refractivity contribution in [1.82, 2.24) is 9.80 Å². The zero-order valence-electron chi connectivity index (χ0n) is 16.6. The van der Waals surface area contributed by atoms with Gasteiger partial charge in [-0.2, -0.15) is 0 Å². The van der Waals surface area contributed by atoms with Crippen LogP contribution in [0.5, 0.6) is 0 Å². The number of hydrogen-bond acceptors (Lipinski definition) is 5. The SMILES string of the molecule is O=C1OC2(CCN1C1CCOC1)C[C@H]1CC[C@@H](C2)N1C(=O)OCc1ccccc1. The van der Waals surface area contributed by atoms with E-state index >= 15 is 0 Å². The summed E-state index contributed by atoms with van der Waals surface area (Å²) in [6.07, 6.45) is 4.57. The molecule has 1 aromatic carbocycles. The van der Waals surface area contributed by atoms with Gasteiger partial charge in [0.1, 0.15) is 12.2 Å². The minimum absolute atomic E-state index is 0.0891. The van der Waals surface area contributed by atoms with Crippen molar-refractivity contribution in [2.75, 3.05) is 19.8 Å². The second-order valence-electron chi connectivity index (χ2n) is 8.75. The van der Waals surface area contributed by atoms with Crippen LogP contribution in [-0.4, -0.2) is 65.5 Å². The number of piperidine rings is 1. The molecule has 2 bridgehead atoms. The molecule has 0 saturated carbocycles. The predicted molar refractivity (Wildman–Crippen MR) is 104 cm³/mol. The topological polar surface area (TPSA) is 68.3 Å². The zero-order valence-corrected chi connectivity index (χ0v) is 16.6. The Morgan fingerprint density at radius 1 is 1.10 bits per heavy atom. The Hall–Kier alpha value is -2.28. The second-order valence-corrected chi connectivity index (χ2v) is 8.75. The molecule has 2 unspecified atom stereocenters. The summed E-state index contributed by atoms with van der Waals surface area (Å²) < 4.78 is 17.0. The molecular formula is C22H28N2O5. The van der Waals surface area contributed by atoms with E-state index in [4.69, 9.17) is 14.2 Å². The van der Waals surface area contributed by atoms with Gasteiger partial charge in [-0.15, -0.1) is 0 Å². The fourth-order valence-electron chi connectivity index (χ4n) is 5.49. The monoisotopic (exact) mass is 400 g/mol. The molecule has 4 heterocycles. The molecule has 0 aromatic heterocycles. The number of carbonyl (C=O) groups is 2. The number of amides is 2. The van der Waals surface area contributed by atoms with Crippen LogP contribution < -0.4 is 0 Å². The third kappa shape index (κ3) is 3.56. The molecule has 0 radical (unpaired) electrons. The minimum Gasteiger partial charge on any atom is -0.445 e. The Morgan fingerprint density at radius 3 is 2.52 bits per heavy atom. The highest BCUT2D eigenvalue weighted by molar-refractivity contribution is 5.71. The van der Waals surface area contributed by atoms with Gasteiger partial charge < -0.3 is 24.0 Å². The Balaban J connectivity index is 1.21. The first-order valence-corrected chi connectivity index (χ1v) is 10.7. The van der Waals surface area contributed by atoms with E-state index < -0.39 is 5.60 Å². The normalized spacial score (nSPS) is 33.8. The number of ether oxygens (including phenoxy) is 3. The molecule has 4 fully saturated rings. The maximum Gasteiger partial charge on any atom is 0.410 e. The van der Waals surface area contributed by atoms with Crippen LogP contribution in [0.15, 0.2) is 30.3 Å². The summed E-state index contributed by atoms with van der Waals surface area (Å²) in [5.41, 5.74) is 0.550. The summed E-state index contributed by atoms with van der Waals surface area (Å²) in [5.74, 6) is 0. The fourth-order valence-corrected chi connectivity index (χ4v) is 5.49. The number of nitrogens with zero attached hydrogens (tertiary/aromatic N) is 2. The first-order valence-electron chi connectivity index (χ1n) is 10.7. The number of fused-ring (bicyclic) bond motifs is 2. The van der Waals surface area contributed by atoms with Gasteiger partial charge in [-0.1, -0.05) is 30.3 Å². The molecule has 156 valence electrons. The maximum absolute atomic E-state index is 12.8.